The van der Waals surface area contributed by atoms with Crippen LogP contribution in [0.4, 0.5) is 0 Å². The number of hydrogen-bond donors (Lipinski definition) is 16. The fourth-order valence-electron chi connectivity index (χ4n) is 18.5. The van der Waals surface area contributed by atoms with E-state index in [0.29, 0.717) is 70.6 Å². The molecule has 1 spiro atoms. The van der Waals surface area contributed by atoms with Gasteiger partial charge in [-0.15, -0.1) is 0 Å². The van der Waals surface area contributed by atoms with Gasteiger partial charge >= 0.3 is 11.9 Å². The lowest BCUT2D eigenvalue weighted by Gasteiger charge is -2.39. The third-order valence-electron chi connectivity index (χ3n) is 25.6. The number of aryl methyl sites for hydroxylation is 1. The van der Waals surface area contributed by atoms with Crippen molar-refractivity contribution in [2.45, 2.75) is 279 Å². The molecule has 5 aliphatic heterocycles. The second kappa shape index (κ2) is 46.4. The minimum absolute atomic E-state index is 0.00373. The van der Waals surface area contributed by atoms with Crippen LogP contribution in [0.2, 0.25) is 0 Å². The van der Waals surface area contributed by atoms with Crippen molar-refractivity contribution in [2.24, 2.45) is 28.9 Å². The molecule has 41 nitrogen and oxygen atoms in total. The molecule has 10 rings (SSSR count). The molecule has 0 saturated carbocycles. The molecular formula is C92H128N20O21. The first-order chi connectivity index (χ1) is 63.3. The van der Waals surface area contributed by atoms with Crippen molar-refractivity contribution in [3.63, 3.8) is 0 Å². The van der Waals surface area contributed by atoms with Gasteiger partial charge in [0.2, 0.25) is 88.6 Å². The summed E-state index contributed by atoms with van der Waals surface area (Å²) in [7, 11) is 2.62. The number of fused-ring (bicyclic) bond motifs is 4. The van der Waals surface area contributed by atoms with Gasteiger partial charge in [0.1, 0.15) is 85.1 Å². The Bertz CT molecular complexity index is 5130. The predicted molar refractivity (Wildman–Crippen MR) is 483 cm³/mol. The molecule has 133 heavy (non-hydrogen) atoms. The third kappa shape index (κ3) is 25.3. The lowest BCUT2D eigenvalue weighted by molar-refractivity contribution is -0.149. The molecule has 5 aromatic rings. The number of unbranched alkanes of at least 4 members (excludes halogenated alkanes) is 2. The van der Waals surface area contributed by atoms with E-state index < -0.39 is 242 Å². The summed E-state index contributed by atoms with van der Waals surface area (Å²) in [5.41, 5.74) is 25.8. The zero-order valence-electron chi connectivity index (χ0n) is 76.4. The number of benzene rings is 3. The van der Waals surface area contributed by atoms with E-state index in [2.05, 4.69) is 47.5 Å². The molecule has 20 N–H and O–H groups in total. The van der Waals surface area contributed by atoms with Crippen LogP contribution < -0.4 is 65.5 Å². The Labute approximate surface area is 770 Å². The van der Waals surface area contributed by atoms with Crippen LogP contribution in [0, 0.1) is 12.8 Å². The van der Waals surface area contributed by atoms with Crippen molar-refractivity contribution in [1.29, 1.82) is 0 Å². The maximum atomic E-state index is 15.9. The number of likely N-dealkylation sites (N-methyl/N-ethyl adjacent to an activating group) is 2. The number of para-hydroxylation sites is 2. The van der Waals surface area contributed by atoms with E-state index in [0.717, 1.165) is 30.1 Å². The quantitative estimate of drug-likeness (QED) is 0.0315. The van der Waals surface area contributed by atoms with E-state index in [-0.39, 0.29) is 115 Å². The number of aliphatic hydroxyl groups is 1. The molecule has 41 heteroatoms. The van der Waals surface area contributed by atoms with E-state index in [1.165, 1.54) is 29.8 Å². The topological polar surface area (TPSA) is 608 Å². The van der Waals surface area contributed by atoms with Gasteiger partial charge in [-0.3, -0.25) is 91.2 Å². The summed E-state index contributed by atoms with van der Waals surface area (Å²) in [6.07, 6.45) is -0.665. The average Bonchev–Trinajstić information content (AvgIpc) is 1.52. The van der Waals surface area contributed by atoms with E-state index in [4.69, 9.17) is 22.9 Å². The van der Waals surface area contributed by atoms with Crippen molar-refractivity contribution in [3.05, 3.63) is 107 Å². The number of primary amides is 2. The van der Waals surface area contributed by atoms with Crippen LogP contribution in [0.1, 0.15) is 178 Å². The van der Waals surface area contributed by atoms with E-state index in [9.17, 15) is 58.5 Å². The number of amides is 16. The Morgan fingerprint density at radius 3 is 1.80 bits per heavy atom. The number of hydrogen-bond acceptors (Lipinski definition) is 21. The van der Waals surface area contributed by atoms with Crippen molar-refractivity contribution >= 4 is 128 Å². The highest BCUT2D eigenvalue weighted by molar-refractivity contribution is 6.10. The van der Waals surface area contributed by atoms with Gasteiger partial charge in [0, 0.05) is 113 Å². The first-order valence-electron chi connectivity index (χ1n) is 45.8. The van der Waals surface area contributed by atoms with Crippen LogP contribution >= 0.6 is 0 Å². The van der Waals surface area contributed by atoms with Gasteiger partial charge in [-0.2, -0.15) is 0 Å². The number of piperidine rings is 1. The number of carboxylic acids is 2. The molecule has 5 aliphatic rings. The minimum atomic E-state index is -1.87. The highest BCUT2D eigenvalue weighted by atomic mass is 16.4. The third-order valence-corrected chi connectivity index (χ3v) is 25.6. The molecule has 7 heterocycles. The van der Waals surface area contributed by atoms with Crippen molar-refractivity contribution in [2.75, 3.05) is 46.8 Å². The smallest absolute Gasteiger partial charge is 0.323 e. The number of carboxylic acid groups (broad SMARTS) is 2. The number of carbonyl (C=O) groups excluding carboxylic acids is 16. The Hall–Kier alpha value is -12.9. The number of nitrogens with zero attached hydrogens (tertiary/aromatic N) is 7. The number of aliphatic hydroxyl groups excluding tert-OH is 1. The molecule has 16 amide bonds. The van der Waals surface area contributed by atoms with Gasteiger partial charge in [-0.25, -0.2) is 0 Å². The van der Waals surface area contributed by atoms with Crippen LogP contribution in [0.5, 0.6) is 0 Å². The molecule has 0 bridgehead atoms. The molecule has 15 atom stereocenters. The fraction of sp³-hybridized carbons (Fsp3) is 0.565. The van der Waals surface area contributed by atoms with Gasteiger partial charge in [0.05, 0.1) is 12.5 Å². The summed E-state index contributed by atoms with van der Waals surface area (Å²) in [5.74, 6) is -17.7. The molecule has 722 valence electrons. The predicted octanol–water partition coefficient (Wildman–Crippen LogP) is -0.908. The second-order valence-electron chi connectivity index (χ2n) is 35.8. The molecule has 0 aliphatic carbocycles. The van der Waals surface area contributed by atoms with Crippen molar-refractivity contribution in [1.82, 2.24) is 81.5 Å². The fourth-order valence-corrected chi connectivity index (χ4v) is 18.5. The SMILES string of the molecule is CCCC[C@H]1C(=O)N(C)[C@@H](CCCC)C(=O)N[C@@H](CCC(=O)O)C(=O)N[C@H](C(N)=O)CCCC(=O)N[C@@H](Cc2ccc(C)cc2)C(=O)N2CCCC[C@@]23C(=O)N3[C@@H](CC(N)=O)C(=O)N2CCC[C@H]2C(=O)N[C@@H](CN)C(=O)N[C@@H](CC(C)C)C(=O)N2C[C@H](O)C[C@H]2C(=O)N[C@@H](Cc2c[nH]c3ccccc23)C(=O)N[C@@H](CCN)C(=O)N[C@@H](Cc2cn(CC(=O)O)c3ccccc23)C(=O)N1C. The maximum absolute atomic E-state index is 15.9. The van der Waals surface area contributed by atoms with Crippen LogP contribution in [0.3, 0.4) is 0 Å². The number of aromatic amines is 1. The molecular weight excluding hydrogens is 1720 g/mol. The Kier molecular flexibility index (Phi) is 35.7. The lowest BCUT2D eigenvalue weighted by Crippen LogP contribution is -2.61. The van der Waals surface area contributed by atoms with Gasteiger partial charge in [0.15, 0.2) is 5.66 Å². The zero-order chi connectivity index (χ0) is 97.0. The summed E-state index contributed by atoms with van der Waals surface area (Å²) in [5, 5.41) is 54.2. The number of H-pyrrole nitrogens is 1. The van der Waals surface area contributed by atoms with Crippen molar-refractivity contribution in [3.8, 4) is 0 Å². The first kappa shape index (κ1) is 102. The maximum Gasteiger partial charge on any atom is 0.323 e. The highest BCUT2D eigenvalue weighted by Crippen LogP contribution is 2.48. The summed E-state index contributed by atoms with van der Waals surface area (Å²) in [4.78, 5) is 274. The van der Waals surface area contributed by atoms with Crippen molar-refractivity contribution < 1.29 is 102 Å². The minimum Gasteiger partial charge on any atom is -0.481 e. The van der Waals surface area contributed by atoms with E-state index in [1.807, 2.05) is 20.8 Å². The van der Waals surface area contributed by atoms with Crippen LogP contribution in [-0.2, 0) is 112 Å². The Morgan fingerprint density at radius 1 is 0.541 bits per heavy atom. The number of aliphatic carboxylic acids is 2. The summed E-state index contributed by atoms with van der Waals surface area (Å²) in [6.45, 7) is 6.92. The lowest BCUT2D eigenvalue weighted by atomic mass is 9.97. The number of nitrogens with one attached hydrogen (secondary N) is 9. The first-order valence-corrected chi connectivity index (χ1v) is 45.8. The standard InChI is InChI=1S/C92H128N20O21/c1-8-10-24-69-83(125)101-61(33-34-76(116)117)79(121)99-60(78(96)120)23-18-28-75(115)98-65(41-53-31-29-52(5)30-32-53)88(130)111-39-17-16-36-92(111)91(133)112(92)73(45-74(95)114)90(132)109-38-19-27-70(109)84(126)105-67(46-94)82(124)103-64(40-51(3)4)87(129)110-49-56(113)44-72(110)85(127)102-63(42-54-47-97-59-22-14-12-20-57(54)59)81(123)100-62(35-37-93)80(122)104-66(86(128)107(7)71(25-11-9-2)89(131)106(69)6)43-55-48-108(50-77(118)119)68-26-15-13-21-58(55)68/h12-15,20-22,26,29-32,47-48,51,56,60-67,69-73,97,113H,8-11,16-19,23-25,27-28,33-46,49-50,93-94H2,1-7H3,(H2,95,114)(H2,96,120)(H,98,115)(H,99,121)(H,100,123)(H,101,125)(H,102,127)(H,103,124)(H,104,122)(H,105,126)(H,116,117)(H,118,119)/t56-,60+,61+,62+,63+,64+,65+,66+,67+,69+,70+,71+,72+,73+,92-,112?/m1/s1. The molecule has 5 fully saturated rings. The van der Waals surface area contributed by atoms with E-state index >= 15 is 43.2 Å². The van der Waals surface area contributed by atoms with Crippen LogP contribution in [0.15, 0.2) is 85.2 Å². The van der Waals surface area contributed by atoms with Gasteiger partial charge in [0.25, 0.3) is 5.91 Å². The molecule has 2 aromatic heterocycles. The highest BCUT2D eigenvalue weighted by Gasteiger charge is 2.72. The number of nitrogens with two attached hydrogens (primary N) is 4. The summed E-state index contributed by atoms with van der Waals surface area (Å²) < 4.78 is 1.43. The molecule has 0 unspecified atom stereocenters. The molecule has 5 saturated heterocycles. The zero-order valence-corrected chi connectivity index (χ0v) is 76.4. The number of rotatable bonds is 25. The Morgan fingerprint density at radius 2 is 1.14 bits per heavy atom. The Balaban J connectivity index is 1.03. The monoisotopic (exact) mass is 1850 g/mol. The van der Waals surface area contributed by atoms with E-state index in [1.54, 1.807) is 92.8 Å². The summed E-state index contributed by atoms with van der Waals surface area (Å²) >= 11 is 0. The normalized spacial score (nSPS) is 26.3. The van der Waals surface area contributed by atoms with Crippen LogP contribution in [0.25, 0.3) is 21.8 Å². The largest absolute Gasteiger partial charge is 0.481 e. The average molecular weight is 1850 g/mol. The molecule has 3 aromatic carbocycles. The number of carbonyl (C=O) groups is 18. The number of aromatic nitrogens is 2. The van der Waals surface area contributed by atoms with Gasteiger partial charge in [-0.1, -0.05) is 120 Å². The van der Waals surface area contributed by atoms with Gasteiger partial charge in [-0.05, 0) is 125 Å². The molecule has 0 radical (unpaired) electrons. The summed E-state index contributed by atoms with van der Waals surface area (Å²) in [6, 6.07) is 0.487. The second-order valence-corrected chi connectivity index (χ2v) is 35.8. The van der Waals surface area contributed by atoms with Crippen LogP contribution in [-0.4, -0.2) is 298 Å². The van der Waals surface area contributed by atoms with Gasteiger partial charge < -0.3 is 115 Å².